The number of rotatable bonds is 6. The third-order valence-corrected chi connectivity index (χ3v) is 3.49. The van der Waals surface area contributed by atoms with Crippen molar-refractivity contribution >= 4 is 11.9 Å². The van der Waals surface area contributed by atoms with E-state index in [0.29, 0.717) is 22.6 Å². The lowest BCUT2D eigenvalue weighted by molar-refractivity contribution is -0.0512. The summed E-state index contributed by atoms with van der Waals surface area (Å²) in [5.74, 6) is 0.967. The van der Waals surface area contributed by atoms with Crippen LogP contribution in [0.3, 0.4) is 0 Å². The van der Waals surface area contributed by atoms with Gasteiger partial charge in [0.15, 0.2) is 28.8 Å². The Morgan fingerprint density at radius 1 is 1.12 bits per heavy atom. The van der Waals surface area contributed by atoms with Gasteiger partial charge in [0.05, 0.1) is 7.11 Å². The largest absolute Gasteiger partial charge is 0.493 e. The molecular formula is C18H14F2O5. The smallest absolute Gasteiger partial charge is 0.387 e. The van der Waals surface area contributed by atoms with Gasteiger partial charge in [0, 0.05) is 5.56 Å². The van der Waals surface area contributed by atoms with Crippen LogP contribution in [0.5, 0.6) is 23.0 Å². The summed E-state index contributed by atoms with van der Waals surface area (Å²) in [5, 5.41) is 0. The third kappa shape index (κ3) is 3.88. The Labute approximate surface area is 142 Å². The number of ether oxygens (including phenoxy) is 4. The first kappa shape index (κ1) is 16.8. The highest BCUT2D eigenvalue weighted by Gasteiger charge is 2.15. The van der Waals surface area contributed by atoms with Crippen LogP contribution in [0, 0.1) is 0 Å². The summed E-state index contributed by atoms with van der Waals surface area (Å²) in [6, 6.07) is 9.32. The molecule has 0 saturated heterocycles. The Balaban J connectivity index is 1.76. The highest BCUT2D eigenvalue weighted by Crippen LogP contribution is 2.33. The van der Waals surface area contributed by atoms with Gasteiger partial charge >= 0.3 is 6.61 Å². The van der Waals surface area contributed by atoms with Crippen molar-refractivity contribution < 1.29 is 32.5 Å². The van der Waals surface area contributed by atoms with Gasteiger partial charge in [-0.1, -0.05) is 12.1 Å². The first-order chi connectivity index (χ1) is 12.1. The maximum atomic E-state index is 12.3. The molecule has 0 aliphatic carbocycles. The molecule has 3 rings (SSSR count). The number of hydrogen-bond donors (Lipinski definition) is 0. The molecule has 0 unspecified atom stereocenters. The summed E-state index contributed by atoms with van der Waals surface area (Å²) in [5.41, 5.74) is 1.05. The van der Waals surface area contributed by atoms with E-state index in [1.165, 1.54) is 25.3 Å². The summed E-state index contributed by atoms with van der Waals surface area (Å²) in [7, 11) is 1.35. The van der Waals surface area contributed by atoms with E-state index in [-0.39, 0.29) is 24.1 Å². The molecule has 0 aromatic heterocycles. The standard InChI is InChI=1S/C18H14F2O5/c1-22-16-8-11(3-6-15(16)25-18(19)20)2-5-13(21)12-4-7-14-17(9-12)24-10-23-14/h2-9,18H,10H2,1H3. The van der Waals surface area contributed by atoms with Crippen molar-refractivity contribution in [3.63, 3.8) is 0 Å². The molecule has 2 aromatic carbocycles. The molecule has 0 radical (unpaired) electrons. The van der Waals surface area contributed by atoms with E-state index in [1.54, 1.807) is 30.3 Å². The number of hydrogen-bond acceptors (Lipinski definition) is 5. The van der Waals surface area contributed by atoms with Gasteiger partial charge in [-0.3, -0.25) is 4.79 Å². The molecule has 0 spiro atoms. The summed E-state index contributed by atoms with van der Waals surface area (Å²) in [4.78, 5) is 12.2. The minimum atomic E-state index is -2.94. The van der Waals surface area contributed by atoms with Crippen LogP contribution >= 0.6 is 0 Å². The molecule has 0 saturated carbocycles. The van der Waals surface area contributed by atoms with Gasteiger partial charge in [0.1, 0.15) is 0 Å². The first-order valence-corrected chi connectivity index (χ1v) is 7.32. The number of fused-ring (bicyclic) bond motifs is 1. The molecule has 5 nitrogen and oxygen atoms in total. The molecule has 0 bridgehead atoms. The average Bonchev–Trinajstić information content (AvgIpc) is 3.07. The average molecular weight is 348 g/mol. The second-order valence-corrected chi connectivity index (χ2v) is 5.05. The van der Waals surface area contributed by atoms with Crippen LogP contribution in [-0.2, 0) is 0 Å². The lowest BCUT2D eigenvalue weighted by Crippen LogP contribution is -2.03. The Kier molecular flexibility index (Phi) is 4.83. The fourth-order valence-electron chi connectivity index (χ4n) is 2.30. The minimum absolute atomic E-state index is 0.0725. The van der Waals surface area contributed by atoms with Gasteiger partial charge in [0.25, 0.3) is 0 Å². The van der Waals surface area contributed by atoms with Gasteiger partial charge < -0.3 is 18.9 Å². The predicted octanol–water partition coefficient (Wildman–Crippen LogP) is 3.92. The van der Waals surface area contributed by atoms with Crippen LogP contribution in [-0.4, -0.2) is 26.3 Å². The van der Waals surface area contributed by atoms with Crippen LogP contribution in [0.2, 0.25) is 0 Å². The second-order valence-electron chi connectivity index (χ2n) is 5.05. The fraction of sp³-hybridized carbons (Fsp3) is 0.167. The SMILES string of the molecule is COc1cc(C=CC(=O)c2ccc3c(c2)OCO3)ccc1OC(F)F. The van der Waals surface area contributed by atoms with Crippen molar-refractivity contribution in [1.82, 2.24) is 0 Å². The molecule has 25 heavy (non-hydrogen) atoms. The lowest BCUT2D eigenvalue weighted by Gasteiger charge is -2.10. The van der Waals surface area contributed by atoms with E-state index in [1.807, 2.05) is 0 Å². The van der Waals surface area contributed by atoms with Gasteiger partial charge in [0.2, 0.25) is 6.79 Å². The van der Waals surface area contributed by atoms with Crippen molar-refractivity contribution in [2.45, 2.75) is 6.61 Å². The van der Waals surface area contributed by atoms with Crippen LogP contribution in [0.1, 0.15) is 15.9 Å². The van der Waals surface area contributed by atoms with Crippen molar-refractivity contribution in [2.75, 3.05) is 13.9 Å². The summed E-state index contributed by atoms with van der Waals surface area (Å²) in [6.45, 7) is -2.81. The molecular weight excluding hydrogens is 334 g/mol. The van der Waals surface area contributed by atoms with Gasteiger partial charge in [-0.05, 0) is 42.0 Å². The first-order valence-electron chi connectivity index (χ1n) is 7.32. The quantitative estimate of drug-likeness (QED) is 0.585. The van der Waals surface area contributed by atoms with Gasteiger partial charge in [-0.15, -0.1) is 0 Å². The molecule has 0 N–H and O–H groups in total. The van der Waals surface area contributed by atoms with E-state index >= 15 is 0 Å². The molecule has 0 fully saturated rings. The molecule has 1 aliphatic heterocycles. The van der Waals surface area contributed by atoms with Crippen molar-refractivity contribution in [3.05, 3.63) is 53.6 Å². The number of carbonyl (C=O) groups is 1. The molecule has 0 amide bonds. The summed E-state index contributed by atoms with van der Waals surface area (Å²) in [6.07, 6.45) is 2.93. The summed E-state index contributed by atoms with van der Waals surface area (Å²) < 4.78 is 44.4. The van der Waals surface area contributed by atoms with Crippen molar-refractivity contribution in [1.29, 1.82) is 0 Å². The number of ketones is 1. The van der Waals surface area contributed by atoms with E-state index in [0.717, 1.165) is 0 Å². The van der Waals surface area contributed by atoms with Crippen molar-refractivity contribution in [2.24, 2.45) is 0 Å². The van der Waals surface area contributed by atoms with Gasteiger partial charge in [-0.25, -0.2) is 0 Å². The molecule has 2 aromatic rings. The van der Waals surface area contributed by atoms with E-state index in [4.69, 9.17) is 14.2 Å². The Morgan fingerprint density at radius 3 is 2.68 bits per heavy atom. The third-order valence-electron chi connectivity index (χ3n) is 3.49. The molecule has 1 heterocycles. The Bertz CT molecular complexity index is 817. The normalized spacial score (nSPS) is 12.6. The summed E-state index contributed by atoms with van der Waals surface area (Å²) >= 11 is 0. The number of benzene rings is 2. The number of allylic oxidation sites excluding steroid dienone is 1. The topological polar surface area (TPSA) is 54.0 Å². The van der Waals surface area contributed by atoms with E-state index in [2.05, 4.69) is 4.74 Å². The zero-order valence-corrected chi connectivity index (χ0v) is 13.2. The fourth-order valence-corrected chi connectivity index (χ4v) is 2.30. The van der Waals surface area contributed by atoms with Crippen LogP contribution < -0.4 is 18.9 Å². The molecule has 1 aliphatic rings. The maximum Gasteiger partial charge on any atom is 0.387 e. The molecule has 0 atom stereocenters. The minimum Gasteiger partial charge on any atom is -0.493 e. The number of halogens is 2. The van der Waals surface area contributed by atoms with Crippen LogP contribution in [0.15, 0.2) is 42.5 Å². The van der Waals surface area contributed by atoms with Crippen LogP contribution in [0.4, 0.5) is 8.78 Å². The van der Waals surface area contributed by atoms with Gasteiger partial charge in [-0.2, -0.15) is 8.78 Å². The Morgan fingerprint density at radius 2 is 1.92 bits per heavy atom. The maximum absolute atomic E-state index is 12.3. The number of alkyl halides is 2. The zero-order chi connectivity index (χ0) is 17.8. The molecule has 7 heteroatoms. The second kappa shape index (κ2) is 7.21. The lowest BCUT2D eigenvalue weighted by atomic mass is 10.1. The highest BCUT2D eigenvalue weighted by molar-refractivity contribution is 6.07. The Hall–Kier alpha value is -3.09. The molecule has 130 valence electrons. The van der Waals surface area contributed by atoms with Crippen LogP contribution in [0.25, 0.3) is 6.08 Å². The van der Waals surface area contributed by atoms with E-state index in [9.17, 15) is 13.6 Å². The number of carbonyl (C=O) groups excluding carboxylic acids is 1. The monoisotopic (exact) mass is 348 g/mol. The number of methoxy groups -OCH3 is 1. The highest BCUT2D eigenvalue weighted by atomic mass is 19.3. The van der Waals surface area contributed by atoms with Crippen molar-refractivity contribution in [3.8, 4) is 23.0 Å². The predicted molar refractivity (Wildman–Crippen MR) is 85.6 cm³/mol. The van der Waals surface area contributed by atoms with E-state index < -0.39 is 6.61 Å². The zero-order valence-electron chi connectivity index (χ0n) is 13.2.